The zero-order chi connectivity index (χ0) is 41.7. The fourth-order valence-corrected chi connectivity index (χ4v) is 9.48. The molecule has 0 unspecified atom stereocenters. The van der Waals surface area contributed by atoms with Crippen molar-refractivity contribution in [2.45, 2.75) is 0 Å². The van der Waals surface area contributed by atoms with Gasteiger partial charge in [0.15, 0.2) is 0 Å². The van der Waals surface area contributed by atoms with E-state index in [1.165, 1.54) is 71.4 Å². The highest BCUT2D eigenvalue weighted by molar-refractivity contribution is 6.12. The van der Waals surface area contributed by atoms with Gasteiger partial charge in [0.2, 0.25) is 0 Å². The maximum absolute atomic E-state index is 3.83. The Morgan fingerprint density at radius 1 is 0.254 bits per heavy atom. The third-order valence-corrected chi connectivity index (χ3v) is 12.5. The predicted molar refractivity (Wildman–Crippen MR) is 267 cm³/mol. The van der Waals surface area contributed by atoms with Crippen LogP contribution in [-0.4, -0.2) is 9.13 Å². The van der Waals surface area contributed by atoms with Gasteiger partial charge in [0.25, 0.3) is 0 Å². The summed E-state index contributed by atoms with van der Waals surface area (Å²) in [6.07, 6.45) is 0. The van der Waals surface area contributed by atoms with Gasteiger partial charge in [0.1, 0.15) is 0 Å². The molecule has 10 aromatic carbocycles. The summed E-state index contributed by atoms with van der Waals surface area (Å²) in [5.74, 6) is 0. The molecular weight excluding hydrogens is 763 g/mol. The lowest BCUT2D eigenvalue weighted by molar-refractivity contribution is 1.18. The average molecular weight is 804 g/mol. The van der Waals surface area contributed by atoms with Crippen LogP contribution in [0.15, 0.2) is 243 Å². The quantitative estimate of drug-likeness (QED) is 0.162. The molecule has 0 atom stereocenters. The van der Waals surface area contributed by atoms with E-state index < -0.39 is 0 Å². The van der Waals surface area contributed by atoms with Crippen molar-refractivity contribution in [3.05, 3.63) is 243 Å². The van der Waals surface area contributed by atoms with Gasteiger partial charge in [-0.2, -0.15) is 0 Å². The highest BCUT2D eigenvalue weighted by atomic mass is 15.0. The lowest BCUT2D eigenvalue weighted by Gasteiger charge is -2.16. The Labute approximate surface area is 366 Å². The molecule has 0 aliphatic heterocycles. The molecule has 0 aliphatic rings. The molecule has 2 heterocycles. The summed E-state index contributed by atoms with van der Waals surface area (Å²) in [4.78, 5) is 0. The van der Waals surface area contributed by atoms with Gasteiger partial charge in [-0.05, 0) is 118 Å². The fraction of sp³-hybridized carbons (Fsp3) is 0. The Bertz CT molecular complexity index is 3620. The van der Waals surface area contributed by atoms with Crippen molar-refractivity contribution in [1.82, 2.24) is 9.13 Å². The number of benzene rings is 10. The summed E-state index contributed by atoms with van der Waals surface area (Å²) in [6.45, 7) is 0. The third-order valence-electron chi connectivity index (χ3n) is 12.5. The van der Waals surface area contributed by atoms with Crippen LogP contribution in [0.1, 0.15) is 0 Å². The molecule has 63 heavy (non-hydrogen) atoms. The van der Waals surface area contributed by atoms with Gasteiger partial charge in [-0.1, -0.05) is 164 Å². The SMILES string of the molecule is c1ccc(-c2ccc(Nc3ccc(-c4ccc5c(c4)c4ccccc4n5-c4cccc(-c5ccccc5)c4)cc3-c3ccc4c5ccccc5n(-c5ccccc5)c4c3)cc2)cc1. The van der Waals surface area contributed by atoms with E-state index in [1.54, 1.807) is 0 Å². The number of hydrogen-bond donors (Lipinski definition) is 1. The molecule has 296 valence electrons. The average Bonchev–Trinajstić information content (AvgIpc) is 3.87. The third kappa shape index (κ3) is 6.46. The second-order valence-corrected chi connectivity index (χ2v) is 16.2. The summed E-state index contributed by atoms with van der Waals surface area (Å²) in [5, 5.41) is 8.77. The van der Waals surface area contributed by atoms with E-state index in [2.05, 4.69) is 257 Å². The van der Waals surface area contributed by atoms with E-state index in [-0.39, 0.29) is 0 Å². The minimum Gasteiger partial charge on any atom is -0.355 e. The largest absolute Gasteiger partial charge is 0.355 e. The van der Waals surface area contributed by atoms with Gasteiger partial charge >= 0.3 is 0 Å². The highest BCUT2D eigenvalue weighted by Gasteiger charge is 2.18. The molecule has 0 aliphatic carbocycles. The predicted octanol–water partition coefficient (Wildman–Crippen LogP) is 16.3. The molecule has 12 rings (SSSR count). The second kappa shape index (κ2) is 15.3. The van der Waals surface area contributed by atoms with Crippen LogP contribution in [0.5, 0.6) is 0 Å². The van der Waals surface area contributed by atoms with Crippen molar-refractivity contribution in [3.8, 4) is 55.9 Å². The van der Waals surface area contributed by atoms with Crippen LogP contribution in [0.4, 0.5) is 11.4 Å². The Morgan fingerprint density at radius 3 is 1.46 bits per heavy atom. The smallest absolute Gasteiger partial charge is 0.0547 e. The summed E-state index contributed by atoms with van der Waals surface area (Å²) in [6, 6.07) is 87.7. The van der Waals surface area contributed by atoms with Gasteiger partial charge in [-0.3, -0.25) is 0 Å². The molecule has 2 aromatic heterocycles. The van der Waals surface area contributed by atoms with Crippen LogP contribution in [0.25, 0.3) is 99.5 Å². The molecule has 12 aromatic rings. The number of para-hydroxylation sites is 3. The molecular formula is C60H41N3. The second-order valence-electron chi connectivity index (χ2n) is 16.2. The minimum absolute atomic E-state index is 1.04. The van der Waals surface area contributed by atoms with E-state index in [4.69, 9.17) is 0 Å². The van der Waals surface area contributed by atoms with Crippen molar-refractivity contribution in [1.29, 1.82) is 0 Å². The molecule has 0 fully saturated rings. The number of fused-ring (bicyclic) bond motifs is 6. The van der Waals surface area contributed by atoms with Crippen LogP contribution < -0.4 is 5.32 Å². The van der Waals surface area contributed by atoms with Gasteiger partial charge in [-0.25, -0.2) is 0 Å². The molecule has 1 N–H and O–H groups in total. The van der Waals surface area contributed by atoms with Crippen LogP contribution in [0, 0.1) is 0 Å². The minimum atomic E-state index is 1.04. The Morgan fingerprint density at radius 2 is 0.730 bits per heavy atom. The van der Waals surface area contributed by atoms with Gasteiger partial charge in [0.05, 0.1) is 22.1 Å². The van der Waals surface area contributed by atoms with Crippen molar-refractivity contribution in [2.24, 2.45) is 0 Å². The molecule has 0 saturated heterocycles. The molecule has 3 nitrogen and oxygen atoms in total. The van der Waals surface area contributed by atoms with Crippen LogP contribution in [0.2, 0.25) is 0 Å². The Hall–Kier alpha value is -8.40. The molecule has 0 spiro atoms. The van der Waals surface area contributed by atoms with E-state index >= 15 is 0 Å². The Kier molecular flexibility index (Phi) is 8.83. The molecule has 0 saturated carbocycles. The summed E-state index contributed by atoms with van der Waals surface area (Å²) in [7, 11) is 0. The highest BCUT2D eigenvalue weighted by Crippen LogP contribution is 2.41. The number of anilines is 2. The topological polar surface area (TPSA) is 21.9 Å². The number of aromatic nitrogens is 2. The standard InChI is InChI=1S/C60H41N3/c1-4-15-41(16-5-1)43-27-32-48(33-28-43)61-56-35-30-45(38-54(56)47-29-34-53-51-23-10-12-25-57(51)62(60(53)40-47)49-20-8-3-9-21-49)46-31-36-59-55(39-46)52-24-11-13-26-58(52)63(59)50-22-14-19-44(37-50)42-17-6-2-7-18-42/h1-40,61H. The van der Waals surface area contributed by atoms with E-state index in [1.807, 2.05) is 0 Å². The summed E-state index contributed by atoms with van der Waals surface area (Å²) >= 11 is 0. The number of nitrogens with zero attached hydrogens (tertiary/aromatic N) is 2. The maximum atomic E-state index is 3.83. The maximum Gasteiger partial charge on any atom is 0.0547 e. The molecule has 3 heteroatoms. The number of hydrogen-bond acceptors (Lipinski definition) is 1. The monoisotopic (exact) mass is 803 g/mol. The van der Waals surface area contributed by atoms with E-state index in [0.29, 0.717) is 0 Å². The first-order valence-corrected chi connectivity index (χ1v) is 21.6. The van der Waals surface area contributed by atoms with Crippen molar-refractivity contribution >= 4 is 55.0 Å². The zero-order valence-electron chi connectivity index (χ0n) is 34.5. The fourth-order valence-electron chi connectivity index (χ4n) is 9.48. The lowest BCUT2D eigenvalue weighted by Crippen LogP contribution is -1.96. The Balaban J connectivity index is 1.01. The van der Waals surface area contributed by atoms with Gasteiger partial charge in [0, 0.05) is 49.9 Å². The van der Waals surface area contributed by atoms with Gasteiger partial charge < -0.3 is 14.5 Å². The van der Waals surface area contributed by atoms with Crippen LogP contribution in [-0.2, 0) is 0 Å². The number of nitrogens with one attached hydrogen (secondary N) is 1. The van der Waals surface area contributed by atoms with Crippen molar-refractivity contribution in [2.75, 3.05) is 5.32 Å². The normalized spacial score (nSPS) is 11.5. The molecule has 0 radical (unpaired) electrons. The van der Waals surface area contributed by atoms with Crippen LogP contribution >= 0.6 is 0 Å². The lowest BCUT2D eigenvalue weighted by atomic mass is 9.95. The first kappa shape index (κ1) is 36.5. The van der Waals surface area contributed by atoms with Crippen molar-refractivity contribution < 1.29 is 0 Å². The van der Waals surface area contributed by atoms with Crippen molar-refractivity contribution in [3.63, 3.8) is 0 Å². The first-order chi connectivity index (χ1) is 31.2. The number of rotatable bonds is 8. The van der Waals surface area contributed by atoms with E-state index in [0.717, 1.165) is 39.4 Å². The molecule has 0 amide bonds. The van der Waals surface area contributed by atoms with E-state index in [9.17, 15) is 0 Å². The molecule has 0 bridgehead atoms. The zero-order valence-corrected chi connectivity index (χ0v) is 34.5. The summed E-state index contributed by atoms with van der Waals surface area (Å²) in [5.41, 5.74) is 18.5. The summed E-state index contributed by atoms with van der Waals surface area (Å²) < 4.78 is 4.80. The van der Waals surface area contributed by atoms with Gasteiger partial charge in [-0.15, -0.1) is 0 Å². The van der Waals surface area contributed by atoms with Crippen LogP contribution in [0.3, 0.4) is 0 Å². The first-order valence-electron chi connectivity index (χ1n) is 21.6.